The lowest BCUT2D eigenvalue weighted by Crippen LogP contribution is -2.33. The molecule has 2 aromatic rings. The molecule has 1 fully saturated rings. The Bertz CT molecular complexity index is 711. The highest BCUT2D eigenvalue weighted by atomic mass is 16.6. The Hall–Kier alpha value is -2.64. The van der Waals surface area contributed by atoms with Crippen molar-refractivity contribution in [3.05, 3.63) is 24.0 Å². The first-order chi connectivity index (χ1) is 10.5. The van der Waals surface area contributed by atoms with Crippen molar-refractivity contribution >= 4 is 23.0 Å². The number of carbonyl (C=O) groups is 2. The molecule has 22 heavy (non-hydrogen) atoms. The molecular weight excluding hydrogens is 286 g/mol. The van der Waals surface area contributed by atoms with Crippen LogP contribution < -0.4 is 0 Å². The zero-order chi connectivity index (χ0) is 15.7. The fourth-order valence-corrected chi connectivity index (χ4v) is 2.39. The molecule has 1 aliphatic rings. The quantitative estimate of drug-likeness (QED) is 0.889. The van der Waals surface area contributed by atoms with Gasteiger partial charge in [-0.3, -0.25) is 14.9 Å². The van der Waals surface area contributed by atoms with E-state index in [4.69, 9.17) is 4.74 Å². The molecule has 2 aromatic heterocycles. The van der Waals surface area contributed by atoms with Gasteiger partial charge in [-0.25, -0.2) is 4.79 Å². The number of likely N-dealkylation sites (tertiary alicyclic amines) is 1. The maximum absolute atomic E-state index is 12.5. The Labute approximate surface area is 127 Å². The predicted molar refractivity (Wildman–Crippen MR) is 78.4 cm³/mol. The summed E-state index contributed by atoms with van der Waals surface area (Å²) in [7, 11) is 3.26. The molecule has 0 radical (unpaired) electrons. The van der Waals surface area contributed by atoms with Gasteiger partial charge >= 0.3 is 6.09 Å². The van der Waals surface area contributed by atoms with Crippen molar-refractivity contribution in [1.82, 2.24) is 25.0 Å². The number of ether oxygens (including phenoxy) is 1. The lowest BCUT2D eigenvalue weighted by molar-refractivity contribution is 0.0665. The van der Waals surface area contributed by atoms with Crippen LogP contribution in [0.25, 0.3) is 11.0 Å². The number of nitrogens with zero attached hydrogens (tertiary/aromatic N) is 4. The van der Waals surface area contributed by atoms with E-state index in [-0.39, 0.29) is 18.1 Å². The number of amides is 2. The first-order valence-electron chi connectivity index (χ1n) is 7.01. The number of carbonyl (C=O) groups excluding carboxylic acids is 2. The zero-order valence-corrected chi connectivity index (χ0v) is 12.4. The highest BCUT2D eigenvalue weighted by Crippen LogP contribution is 2.18. The highest BCUT2D eigenvalue weighted by molar-refractivity contribution is 5.96. The van der Waals surface area contributed by atoms with E-state index in [1.54, 1.807) is 37.5 Å². The summed E-state index contributed by atoms with van der Waals surface area (Å²) in [6.07, 6.45) is 3.14. The lowest BCUT2D eigenvalue weighted by atomic mass is 10.2. The second-order valence-corrected chi connectivity index (χ2v) is 5.47. The number of H-pyrrole nitrogens is 1. The average molecular weight is 303 g/mol. The summed E-state index contributed by atoms with van der Waals surface area (Å²) >= 11 is 0. The first-order valence-corrected chi connectivity index (χ1v) is 7.01. The van der Waals surface area contributed by atoms with E-state index < -0.39 is 0 Å². The standard InChI is InChI=1S/C14H17N5O3/c1-18(2)14(21)22-10-3-4-19(8-10)13(20)9-5-11-12(15-6-9)7-16-17-11/h5-7,10H,3-4,8H2,1-2H3,(H,16,17). The molecule has 1 atom stereocenters. The van der Waals surface area contributed by atoms with E-state index in [2.05, 4.69) is 15.2 Å². The molecule has 1 N–H and O–H groups in total. The van der Waals surface area contributed by atoms with Crippen LogP contribution in [0.1, 0.15) is 16.8 Å². The Kier molecular flexibility index (Phi) is 3.66. The smallest absolute Gasteiger partial charge is 0.409 e. The Morgan fingerprint density at radius 3 is 3.00 bits per heavy atom. The van der Waals surface area contributed by atoms with Crippen molar-refractivity contribution in [3.8, 4) is 0 Å². The van der Waals surface area contributed by atoms with Gasteiger partial charge in [-0.05, 0) is 6.07 Å². The molecule has 1 aliphatic heterocycles. The van der Waals surface area contributed by atoms with Crippen LogP contribution in [-0.4, -0.2) is 70.3 Å². The van der Waals surface area contributed by atoms with Crippen LogP contribution in [0.3, 0.4) is 0 Å². The number of hydrogen-bond donors (Lipinski definition) is 1. The molecular formula is C14H17N5O3. The third-order valence-electron chi connectivity index (χ3n) is 3.60. The average Bonchev–Trinajstić information content (AvgIpc) is 3.14. The van der Waals surface area contributed by atoms with E-state index in [9.17, 15) is 9.59 Å². The molecule has 0 aliphatic carbocycles. The molecule has 116 valence electrons. The van der Waals surface area contributed by atoms with Gasteiger partial charge in [0.25, 0.3) is 5.91 Å². The summed E-state index contributed by atoms with van der Waals surface area (Å²) in [5.74, 6) is -0.118. The molecule has 2 amide bonds. The van der Waals surface area contributed by atoms with Gasteiger partial charge in [0.1, 0.15) is 11.6 Å². The maximum Gasteiger partial charge on any atom is 0.409 e. The maximum atomic E-state index is 12.5. The van der Waals surface area contributed by atoms with E-state index in [0.717, 1.165) is 11.0 Å². The van der Waals surface area contributed by atoms with Gasteiger partial charge in [-0.1, -0.05) is 0 Å². The highest BCUT2D eigenvalue weighted by Gasteiger charge is 2.30. The second kappa shape index (κ2) is 5.63. The molecule has 8 heteroatoms. The van der Waals surface area contributed by atoms with Gasteiger partial charge in [-0.15, -0.1) is 0 Å². The van der Waals surface area contributed by atoms with E-state index >= 15 is 0 Å². The summed E-state index contributed by atoms with van der Waals surface area (Å²) in [5, 5.41) is 6.68. The summed E-state index contributed by atoms with van der Waals surface area (Å²) in [5.41, 5.74) is 1.94. The van der Waals surface area contributed by atoms with Gasteiger partial charge in [-0.2, -0.15) is 5.10 Å². The van der Waals surface area contributed by atoms with Crippen LogP contribution in [0.15, 0.2) is 18.5 Å². The SMILES string of the molecule is CN(C)C(=O)OC1CCN(C(=O)c2cnc3cn[nH]c3c2)C1. The lowest BCUT2D eigenvalue weighted by Gasteiger charge is -2.18. The Morgan fingerprint density at radius 1 is 1.41 bits per heavy atom. The van der Waals surface area contributed by atoms with Gasteiger partial charge in [0.2, 0.25) is 0 Å². The molecule has 0 spiro atoms. The molecule has 0 saturated carbocycles. The van der Waals surface area contributed by atoms with Crippen molar-refractivity contribution in [1.29, 1.82) is 0 Å². The van der Waals surface area contributed by atoms with Crippen molar-refractivity contribution in [2.24, 2.45) is 0 Å². The van der Waals surface area contributed by atoms with Crippen molar-refractivity contribution < 1.29 is 14.3 Å². The summed E-state index contributed by atoms with van der Waals surface area (Å²) in [6.45, 7) is 0.963. The Balaban J connectivity index is 1.67. The van der Waals surface area contributed by atoms with E-state index in [1.165, 1.54) is 4.90 Å². The van der Waals surface area contributed by atoms with Crippen molar-refractivity contribution in [2.45, 2.75) is 12.5 Å². The molecule has 3 rings (SSSR count). The number of fused-ring (bicyclic) bond motifs is 1. The van der Waals surface area contributed by atoms with Crippen LogP contribution in [0.2, 0.25) is 0 Å². The zero-order valence-electron chi connectivity index (χ0n) is 12.4. The summed E-state index contributed by atoms with van der Waals surface area (Å²) < 4.78 is 5.31. The number of pyridine rings is 1. The minimum Gasteiger partial charge on any atom is -0.444 e. The molecule has 1 unspecified atom stereocenters. The van der Waals surface area contributed by atoms with Crippen LogP contribution >= 0.6 is 0 Å². The predicted octanol–water partition coefficient (Wildman–Crippen LogP) is 0.871. The largest absolute Gasteiger partial charge is 0.444 e. The van der Waals surface area contributed by atoms with Gasteiger partial charge in [0, 0.05) is 33.3 Å². The monoisotopic (exact) mass is 303 g/mol. The van der Waals surface area contributed by atoms with Crippen LogP contribution in [-0.2, 0) is 4.74 Å². The van der Waals surface area contributed by atoms with E-state index in [1.807, 2.05) is 0 Å². The normalized spacial score (nSPS) is 17.7. The third-order valence-corrected chi connectivity index (χ3v) is 3.60. The minimum absolute atomic E-state index is 0.118. The molecule has 0 bridgehead atoms. The van der Waals surface area contributed by atoms with Crippen molar-refractivity contribution in [2.75, 3.05) is 27.2 Å². The van der Waals surface area contributed by atoms with Crippen LogP contribution in [0, 0.1) is 0 Å². The third kappa shape index (κ3) is 2.72. The summed E-state index contributed by atoms with van der Waals surface area (Å²) in [6, 6.07) is 1.73. The van der Waals surface area contributed by atoms with Gasteiger partial charge in [0.05, 0.1) is 23.8 Å². The van der Waals surface area contributed by atoms with Gasteiger partial charge in [0.15, 0.2) is 0 Å². The summed E-state index contributed by atoms with van der Waals surface area (Å²) in [4.78, 5) is 31.3. The minimum atomic E-state index is -0.389. The Morgan fingerprint density at radius 2 is 2.23 bits per heavy atom. The first kappa shape index (κ1) is 14.3. The van der Waals surface area contributed by atoms with E-state index in [0.29, 0.717) is 25.1 Å². The number of aromatic nitrogens is 3. The van der Waals surface area contributed by atoms with Crippen LogP contribution in [0.5, 0.6) is 0 Å². The van der Waals surface area contributed by atoms with Gasteiger partial charge < -0.3 is 14.5 Å². The molecule has 1 saturated heterocycles. The number of aromatic amines is 1. The number of hydrogen-bond acceptors (Lipinski definition) is 5. The fourth-order valence-electron chi connectivity index (χ4n) is 2.39. The number of rotatable bonds is 2. The second-order valence-electron chi connectivity index (χ2n) is 5.47. The molecule has 3 heterocycles. The fraction of sp³-hybridized carbons (Fsp3) is 0.429. The molecule has 8 nitrogen and oxygen atoms in total. The number of nitrogens with one attached hydrogen (secondary N) is 1. The van der Waals surface area contributed by atoms with Crippen molar-refractivity contribution in [3.63, 3.8) is 0 Å². The molecule has 0 aromatic carbocycles. The topological polar surface area (TPSA) is 91.4 Å². The van der Waals surface area contributed by atoms with Crippen LogP contribution in [0.4, 0.5) is 4.79 Å².